The van der Waals surface area contributed by atoms with Gasteiger partial charge in [-0.2, -0.15) is 0 Å². The Kier molecular flexibility index (Phi) is 6.95. The van der Waals surface area contributed by atoms with Crippen molar-refractivity contribution >= 4 is 29.7 Å². The smallest absolute Gasteiger partial charge is 0.396 e. The summed E-state index contributed by atoms with van der Waals surface area (Å²) in [6.07, 6.45) is 1.48. The third-order valence-corrected chi connectivity index (χ3v) is 2.66. The van der Waals surface area contributed by atoms with Crippen LogP contribution >= 0.6 is 11.8 Å². The fourth-order valence-electron chi connectivity index (χ4n) is 1.04. The number of ether oxygens (including phenoxy) is 1. The SMILES string of the molecule is C=CCNC(=O)NC(=O)CSc1nnc(C(=O)OCC)o1. The molecule has 3 amide bonds. The van der Waals surface area contributed by atoms with E-state index in [1.807, 2.05) is 0 Å². The molecule has 0 bridgehead atoms. The summed E-state index contributed by atoms with van der Waals surface area (Å²) in [5, 5.41) is 11.6. The van der Waals surface area contributed by atoms with Gasteiger partial charge in [0.1, 0.15) is 0 Å². The number of amides is 3. The van der Waals surface area contributed by atoms with E-state index in [9.17, 15) is 14.4 Å². The Bertz CT molecular complexity index is 530. The summed E-state index contributed by atoms with van der Waals surface area (Å²) in [5.74, 6) is -1.68. The molecule has 0 saturated carbocycles. The number of imide groups is 1. The molecule has 0 aromatic carbocycles. The van der Waals surface area contributed by atoms with Crippen molar-refractivity contribution in [3.05, 3.63) is 18.5 Å². The average Bonchev–Trinajstić information content (AvgIpc) is 2.92. The highest BCUT2D eigenvalue weighted by Gasteiger charge is 2.17. The summed E-state index contributed by atoms with van der Waals surface area (Å²) in [4.78, 5) is 33.9. The predicted molar refractivity (Wildman–Crippen MR) is 72.7 cm³/mol. The molecule has 0 aliphatic carbocycles. The third kappa shape index (κ3) is 6.08. The van der Waals surface area contributed by atoms with Crippen LogP contribution in [0.1, 0.15) is 17.6 Å². The first-order chi connectivity index (χ1) is 10.1. The minimum absolute atomic E-state index is 0.0275. The quantitative estimate of drug-likeness (QED) is 0.420. The highest BCUT2D eigenvalue weighted by atomic mass is 32.2. The number of hydrogen-bond donors (Lipinski definition) is 2. The number of carbonyl (C=O) groups is 3. The van der Waals surface area contributed by atoms with Crippen molar-refractivity contribution < 1.29 is 23.5 Å². The van der Waals surface area contributed by atoms with Crippen LogP contribution in [-0.2, 0) is 9.53 Å². The van der Waals surface area contributed by atoms with Crippen LogP contribution in [0.25, 0.3) is 0 Å². The first-order valence-corrected chi connectivity index (χ1v) is 6.87. The molecule has 0 aliphatic rings. The second-order valence-electron chi connectivity index (χ2n) is 3.43. The zero-order valence-corrected chi connectivity index (χ0v) is 12.1. The van der Waals surface area contributed by atoms with Gasteiger partial charge in [0, 0.05) is 6.54 Å². The lowest BCUT2D eigenvalue weighted by Crippen LogP contribution is -2.40. The van der Waals surface area contributed by atoms with Gasteiger partial charge in [-0.05, 0) is 6.92 Å². The van der Waals surface area contributed by atoms with E-state index in [4.69, 9.17) is 4.42 Å². The number of nitrogens with one attached hydrogen (secondary N) is 2. The van der Waals surface area contributed by atoms with Gasteiger partial charge in [0.05, 0.1) is 12.4 Å². The van der Waals surface area contributed by atoms with E-state index in [1.165, 1.54) is 6.08 Å². The van der Waals surface area contributed by atoms with E-state index < -0.39 is 17.9 Å². The molecule has 1 rings (SSSR count). The molecule has 21 heavy (non-hydrogen) atoms. The van der Waals surface area contributed by atoms with Crippen molar-refractivity contribution in [3.63, 3.8) is 0 Å². The van der Waals surface area contributed by atoms with Crippen LogP contribution in [0.15, 0.2) is 22.3 Å². The molecular formula is C11H14N4O5S. The topological polar surface area (TPSA) is 123 Å². The molecule has 0 atom stereocenters. The Balaban J connectivity index is 2.38. The Morgan fingerprint density at radius 3 is 2.86 bits per heavy atom. The number of aromatic nitrogens is 2. The molecule has 1 heterocycles. The fraction of sp³-hybridized carbons (Fsp3) is 0.364. The minimum atomic E-state index is -0.731. The van der Waals surface area contributed by atoms with E-state index in [-0.39, 0.29) is 30.0 Å². The number of hydrogen-bond acceptors (Lipinski definition) is 8. The van der Waals surface area contributed by atoms with Gasteiger partial charge in [0.25, 0.3) is 5.22 Å². The van der Waals surface area contributed by atoms with Gasteiger partial charge in [-0.1, -0.05) is 22.9 Å². The van der Waals surface area contributed by atoms with Gasteiger partial charge in [0.15, 0.2) is 0 Å². The molecule has 0 unspecified atom stereocenters. The molecule has 0 spiro atoms. The maximum Gasteiger partial charge on any atom is 0.396 e. The first kappa shape index (κ1) is 16.7. The zero-order chi connectivity index (χ0) is 15.7. The second kappa shape index (κ2) is 8.74. The molecular weight excluding hydrogens is 300 g/mol. The molecule has 2 N–H and O–H groups in total. The lowest BCUT2D eigenvalue weighted by Gasteiger charge is -2.03. The van der Waals surface area contributed by atoms with Gasteiger partial charge in [0.2, 0.25) is 5.91 Å². The molecule has 114 valence electrons. The molecule has 10 heteroatoms. The van der Waals surface area contributed by atoms with E-state index in [2.05, 4.69) is 32.1 Å². The number of esters is 1. The largest absolute Gasteiger partial charge is 0.459 e. The second-order valence-corrected chi connectivity index (χ2v) is 4.36. The van der Waals surface area contributed by atoms with Crippen LogP contribution in [0.3, 0.4) is 0 Å². The van der Waals surface area contributed by atoms with Gasteiger partial charge < -0.3 is 14.5 Å². The average molecular weight is 314 g/mol. The molecule has 0 saturated heterocycles. The lowest BCUT2D eigenvalue weighted by atomic mass is 10.6. The molecule has 0 radical (unpaired) electrons. The number of thioether (sulfide) groups is 1. The fourth-order valence-corrected chi connectivity index (χ4v) is 1.61. The number of urea groups is 1. The highest BCUT2D eigenvalue weighted by molar-refractivity contribution is 7.99. The minimum Gasteiger partial charge on any atom is -0.459 e. The monoisotopic (exact) mass is 314 g/mol. The van der Waals surface area contributed by atoms with Gasteiger partial charge >= 0.3 is 17.9 Å². The van der Waals surface area contributed by atoms with Crippen LogP contribution in [0, 0.1) is 0 Å². The van der Waals surface area contributed by atoms with Crippen molar-refractivity contribution in [2.45, 2.75) is 12.1 Å². The Morgan fingerprint density at radius 2 is 2.19 bits per heavy atom. The highest BCUT2D eigenvalue weighted by Crippen LogP contribution is 2.15. The van der Waals surface area contributed by atoms with Crippen LogP contribution in [-0.4, -0.2) is 47.0 Å². The van der Waals surface area contributed by atoms with Gasteiger partial charge in [-0.3, -0.25) is 10.1 Å². The summed E-state index contributed by atoms with van der Waals surface area (Å²) in [5.41, 5.74) is 0. The van der Waals surface area contributed by atoms with E-state index in [1.54, 1.807) is 6.92 Å². The van der Waals surface area contributed by atoms with Crippen molar-refractivity contribution in [2.75, 3.05) is 18.9 Å². The standard InChI is InChI=1S/C11H14N4O5S/c1-3-5-12-10(18)13-7(16)6-21-11-15-14-8(20-11)9(17)19-4-2/h3H,1,4-6H2,2H3,(H2,12,13,16,18). The Hall–Kier alpha value is -2.36. The Labute approximate surface area is 124 Å². The lowest BCUT2D eigenvalue weighted by molar-refractivity contribution is -0.117. The molecule has 9 nitrogen and oxygen atoms in total. The normalized spacial score (nSPS) is 9.76. The number of carbonyl (C=O) groups excluding carboxylic acids is 3. The molecule has 0 fully saturated rings. The maximum atomic E-state index is 11.4. The van der Waals surface area contributed by atoms with Gasteiger partial charge in [-0.25, -0.2) is 9.59 Å². The summed E-state index contributed by atoms with van der Waals surface area (Å²) in [7, 11) is 0. The summed E-state index contributed by atoms with van der Waals surface area (Å²) in [6, 6.07) is -0.627. The summed E-state index contributed by atoms with van der Waals surface area (Å²) in [6.45, 7) is 5.50. The molecule has 1 aromatic heterocycles. The van der Waals surface area contributed by atoms with E-state index >= 15 is 0 Å². The van der Waals surface area contributed by atoms with Crippen LogP contribution in [0.4, 0.5) is 4.79 Å². The van der Waals surface area contributed by atoms with Crippen LogP contribution in [0.2, 0.25) is 0 Å². The zero-order valence-electron chi connectivity index (χ0n) is 11.2. The van der Waals surface area contributed by atoms with Gasteiger partial charge in [-0.15, -0.1) is 11.7 Å². The molecule has 1 aromatic rings. The van der Waals surface area contributed by atoms with Crippen molar-refractivity contribution in [3.8, 4) is 0 Å². The number of rotatable bonds is 7. The summed E-state index contributed by atoms with van der Waals surface area (Å²) >= 11 is 0.890. The Morgan fingerprint density at radius 1 is 1.43 bits per heavy atom. The van der Waals surface area contributed by atoms with E-state index in [0.717, 1.165) is 11.8 Å². The van der Waals surface area contributed by atoms with Crippen LogP contribution < -0.4 is 10.6 Å². The maximum absolute atomic E-state index is 11.4. The van der Waals surface area contributed by atoms with Crippen molar-refractivity contribution in [1.82, 2.24) is 20.8 Å². The third-order valence-electron chi connectivity index (χ3n) is 1.84. The summed E-state index contributed by atoms with van der Waals surface area (Å²) < 4.78 is 9.66. The van der Waals surface area contributed by atoms with Crippen LogP contribution in [0.5, 0.6) is 0 Å². The number of nitrogens with zero attached hydrogens (tertiary/aromatic N) is 2. The predicted octanol–water partition coefficient (Wildman–Crippen LogP) is 0.350. The van der Waals surface area contributed by atoms with Crippen molar-refractivity contribution in [1.29, 1.82) is 0 Å². The van der Waals surface area contributed by atoms with E-state index in [0.29, 0.717) is 0 Å². The first-order valence-electron chi connectivity index (χ1n) is 5.88. The van der Waals surface area contributed by atoms with Crippen molar-refractivity contribution in [2.24, 2.45) is 0 Å². The molecule has 0 aliphatic heterocycles.